The molecule has 1 heterocycles. The van der Waals surface area contributed by atoms with Gasteiger partial charge in [-0.3, -0.25) is 0 Å². The highest BCUT2D eigenvalue weighted by Crippen LogP contribution is 2.21. The van der Waals surface area contributed by atoms with Gasteiger partial charge in [-0.1, -0.05) is 29.3 Å². The monoisotopic (exact) mass is 329 g/mol. The zero-order valence-corrected chi connectivity index (χ0v) is 13.9. The fourth-order valence-corrected chi connectivity index (χ4v) is 3.05. The van der Waals surface area contributed by atoms with Gasteiger partial charge in [0.1, 0.15) is 0 Å². The van der Waals surface area contributed by atoms with Crippen molar-refractivity contribution in [3.05, 3.63) is 33.8 Å². The van der Waals surface area contributed by atoms with Crippen LogP contribution in [0.4, 0.5) is 4.79 Å². The fraction of sp³-hybridized carbons (Fsp3) is 0.533. The lowest BCUT2D eigenvalue weighted by atomic mass is 10.1. The van der Waals surface area contributed by atoms with Crippen LogP contribution in [-0.4, -0.2) is 55.6 Å². The van der Waals surface area contributed by atoms with Crippen molar-refractivity contribution in [1.82, 2.24) is 15.1 Å². The fourth-order valence-electron chi connectivity index (χ4n) is 2.55. The van der Waals surface area contributed by atoms with Gasteiger partial charge in [0.15, 0.2) is 0 Å². The van der Waals surface area contributed by atoms with E-state index in [0.717, 1.165) is 25.1 Å². The molecule has 1 fully saturated rings. The molecular formula is C15H21Cl2N3O. The first-order valence-electron chi connectivity index (χ1n) is 7.10. The SMILES string of the molecule is CN1CCC(N(C)C(=O)NCCc2ccc(Cl)cc2Cl)C1. The summed E-state index contributed by atoms with van der Waals surface area (Å²) < 4.78 is 0. The van der Waals surface area contributed by atoms with Crippen LogP contribution in [0.5, 0.6) is 0 Å². The van der Waals surface area contributed by atoms with Gasteiger partial charge in [-0.25, -0.2) is 4.79 Å². The van der Waals surface area contributed by atoms with Gasteiger partial charge >= 0.3 is 6.03 Å². The maximum Gasteiger partial charge on any atom is 0.317 e. The van der Waals surface area contributed by atoms with Crippen LogP contribution in [0.15, 0.2) is 18.2 Å². The second kappa shape index (κ2) is 7.34. The standard InChI is InChI=1S/C15H21Cl2N3O/c1-19-8-6-13(10-19)20(2)15(21)18-7-5-11-3-4-12(16)9-14(11)17/h3-4,9,13H,5-8,10H2,1-2H3,(H,18,21). The van der Waals surface area contributed by atoms with Gasteiger partial charge in [-0.05, 0) is 44.1 Å². The lowest BCUT2D eigenvalue weighted by molar-refractivity contribution is 0.191. The van der Waals surface area contributed by atoms with E-state index < -0.39 is 0 Å². The third-order valence-electron chi connectivity index (χ3n) is 3.92. The summed E-state index contributed by atoms with van der Waals surface area (Å²) in [6, 6.07) is 5.70. The zero-order chi connectivity index (χ0) is 15.4. The first-order valence-corrected chi connectivity index (χ1v) is 7.86. The van der Waals surface area contributed by atoms with Gasteiger partial charge in [0, 0.05) is 36.2 Å². The number of likely N-dealkylation sites (N-methyl/N-ethyl adjacent to an activating group) is 2. The summed E-state index contributed by atoms with van der Waals surface area (Å²) in [7, 11) is 3.93. The maximum absolute atomic E-state index is 12.1. The molecule has 1 aromatic carbocycles. The molecule has 0 spiro atoms. The first kappa shape index (κ1) is 16.4. The molecule has 116 valence electrons. The number of hydrogen-bond donors (Lipinski definition) is 1. The van der Waals surface area contributed by atoms with Gasteiger partial charge in [0.05, 0.1) is 0 Å². The van der Waals surface area contributed by atoms with Crippen LogP contribution in [0.3, 0.4) is 0 Å². The summed E-state index contributed by atoms with van der Waals surface area (Å²) in [5.74, 6) is 0. The van der Waals surface area contributed by atoms with Crippen molar-refractivity contribution < 1.29 is 4.79 Å². The second-order valence-electron chi connectivity index (χ2n) is 5.53. The number of nitrogens with one attached hydrogen (secondary N) is 1. The van der Waals surface area contributed by atoms with Crippen molar-refractivity contribution in [3.8, 4) is 0 Å². The number of hydrogen-bond acceptors (Lipinski definition) is 2. The number of halogens is 2. The summed E-state index contributed by atoms with van der Waals surface area (Å²) in [5, 5.41) is 4.21. The van der Waals surface area contributed by atoms with Crippen molar-refractivity contribution in [2.45, 2.75) is 18.9 Å². The molecule has 0 saturated carbocycles. The predicted molar refractivity (Wildman–Crippen MR) is 87.2 cm³/mol. The largest absolute Gasteiger partial charge is 0.338 e. The van der Waals surface area contributed by atoms with Crippen LogP contribution in [-0.2, 0) is 6.42 Å². The molecule has 1 unspecified atom stereocenters. The first-order chi connectivity index (χ1) is 9.97. The van der Waals surface area contributed by atoms with Crippen molar-refractivity contribution >= 4 is 29.2 Å². The number of carbonyl (C=O) groups is 1. The van der Waals surface area contributed by atoms with Crippen LogP contribution in [0.25, 0.3) is 0 Å². The Hall–Kier alpha value is -0.970. The molecular weight excluding hydrogens is 309 g/mol. The average molecular weight is 330 g/mol. The highest BCUT2D eigenvalue weighted by molar-refractivity contribution is 6.35. The number of rotatable bonds is 4. The van der Waals surface area contributed by atoms with E-state index in [0.29, 0.717) is 29.1 Å². The molecule has 1 atom stereocenters. The molecule has 0 aromatic heterocycles. The summed E-state index contributed by atoms with van der Waals surface area (Å²) in [4.78, 5) is 16.1. The minimum atomic E-state index is -0.0274. The van der Waals surface area contributed by atoms with Gasteiger partial charge in [-0.15, -0.1) is 0 Å². The third-order valence-corrected chi connectivity index (χ3v) is 4.51. The van der Waals surface area contributed by atoms with E-state index in [1.165, 1.54) is 0 Å². The molecule has 1 aliphatic heterocycles. The molecule has 0 radical (unpaired) electrons. The number of carbonyl (C=O) groups excluding carboxylic acids is 1. The summed E-state index contributed by atoms with van der Waals surface area (Å²) >= 11 is 12.0. The van der Waals surface area contributed by atoms with E-state index in [1.54, 1.807) is 11.0 Å². The average Bonchev–Trinajstić information content (AvgIpc) is 2.87. The van der Waals surface area contributed by atoms with E-state index >= 15 is 0 Å². The number of nitrogens with zero attached hydrogens (tertiary/aromatic N) is 2. The van der Waals surface area contributed by atoms with E-state index in [9.17, 15) is 4.79 Å². The summed E-state index contributed by atoms with van der Waals surface area (Å²) in [5.41, 5.74) is 0.990. The van der Waals surface area contributed by atoms with E-state index in [-0.39, 0.29) is 6.03 Å². The molecule has 21 heavy (non-hydrogen) atoms. The Morgan fingerprint density at radius 3 is 2.86 bits per heavy atom. The number of urea groups is 1. The topological polar surface area (TPSA) is 35.6 Å². The molecule has 1 saturated heterocycles. The predicted octanol–water partition coefficient (Wildman–Crippen LogP) is 2.88. The zero-order valence-electron chi connectivity index (χ0n) is 12.4. The second-order valence-corrected chi connectivity index (χ2v) is 6.38. The Morgan fingerprint density at radius 2 is 2.24 bits per heavy atom. The molecule has 2 amide bonds. The van der Waals surface area contributed by atoms with E-state index in [2.05, 4.69) is 17.3 Å². The smallest absolute Gasteiger partial charge is 0.317 e. The normalized spacial score (nSPS) is 18.8. The third kappa shape index (κ3) is 4.50. The Balaban J connectivity index is 1.78. The number of benzene rings is 1. The van der Waals surface area contributed by atoms with Gasteiger partial charge < -0.3 is 15.1 Å². The van der Waals surface area contributed by atoms with Gasteiger partial charge in [0.2, 0.25) is 0 Å². The van der Waals surface area contributed by atoms with Crippen LogP contribution >= 0.6 is 23.2 Å². The lowest BCUT2D eigenvalue weighted by Crippen LogP contribution is -2.45. The maximum atomic E-state index is 12.1. The Labute approximate surface area is 136 Å². The molecule has 0 aliphatic carbocycles. The number of amides is 2. The highest BCUT2D eigenvalue weighted by atomic mass is 35.5. The van der Waals surface area contributed by atoms with E-state index in [4.69, 9.17) is 23.2 Å². The lowest BCUT2D eigenvalue weighted by Gasteiger charge is -2.24. The van der Waals surface area contributed by atoms with Crippen molar-refractivity contribution in [1.29, 1.82) is 0 Å². The van der Waals surface area contributed by atoms with Gasteiger partial charge in [0.25, 0.3) is 0 Å². The molecule has 1 aliphatic rings. The quantitative estimate of drug-likeness (QED) is 0.921. The number of likely N-dealkylation sites (tertiary alicyclic amines) is 1. The van der Waals surface area contributed by atoms with E-state index in [1.807, 2.05) is 19.2 Å². The summed E-state index contributed by atoms with van der Waals surface area (Å²) in [6.07, 6.45) is 1.73. The van der Waals surface area contributed by atoms with Crippen molar-refractivity contribution in [2.75, 3.05) is 33.7 Å². The Morgan fingerprint density at radius 1 is 1.48 bits per heavy atom. The molecule has 1 aromatic rings. The van der Waals surface area contributed by atoms with Crippen molar-refractivity contribution in [3.63, 3.8) is 0 Å². The minimum absolute atomic E-state index is 0.0274. The molecule has 0 bridgehead atoms. The Bertz CT molecular complexity index is 510. The molecule has 6 heteroatoms. The Kier molecular flexibility index (Phi) is 5.73. The van der Waals surface area contributed by atoms with Gasteiger partial charge in [-0.2, -0.15) is 0 Å². The van der Waals surface area contributed by atoms with Crippen LogP contribution in [0, 0.1) is 0 Å². The van der Waals surface area contributed by atoms with Crippen LogP contribution in [0.2, 0.25) is 10.0 Å². The highest BCUT2D eigenvalue weighted by Gasteiger charge is 2.26. The summed E-state index contributed by atoms with van der Waals surface area (Å²) in [6.45, 7) is 2.54. The molecule has 1 N–H and O–H groups in total. The minimum Gasteiger partial charge on any atom is -0.338 e. The van der Waals surface area contributed by atoms with Crippen LogP contribution in [0.1, 0.15) is 12.0 Å². The van der Waals surface area contributed by atoms with Crippen molar-refractivity contribution in [2.24, 2.45) is 0 Å². The molecule has 2 rings (SSSR count). The van der Waals surface area contributed by atoms with Crippen LogP contribution < -0.4 is 5.32 Å². The molecule has 4 nitrogen and oxygen atoms in total.